The molecule has 1 aliphatic rings. The molecule has 1 aliphatic carbocycles. The predicted octanol–water partition coefficient (Wildman–Crippen LogP) is 6.22. The molecule has 0 atom stereocenters. The molecule has 4 nitrogen and oxygen atoms in total. The van der Waals surface area contributed by atoms with Gasteiger partial charge in [0.15, 0.2) is 0 Å². The molecule has 1 N–H and O–H groups in total. The van der Waals surface area contributed by atoms with Gasteiger partial charge in [0.1, 0.15) is 12.4 Å². The molecule has 0 spiro atoms. The third kappa shape index (κ3) is 6.31. The number of hydrogen-bond donors (Lipinski definition) is 1. The molecule has 1 aromatic carbocycles. The predicted molar refractivity (Wildman–Crippen MR) is 120 cm³/mol. The first kappa shape index (κ1) is 23.3. The summed E-state index contributed by atoms with van der Waals surface area (Å²) >= 11 is 0. The molecule has 2 aromatic rings. The van der Waals surface area contributed by atoms with Gasteiger partial charge in [-0.1, -0.05) is 32.6 Å². The second-order valence-electron chi connectivity index (χ2n) is 8.48. The third-order valence-corrected chi connectivity index (χ3v) is 6.12. The SMILES string of the molecule is CCCCNC(=O)c1cc(-c2ccc(OCC(F)F)cc2)n(CC2CCCCC2)c1C. The van der Waals surface area contributed by atoms with E-state index in [4.69, 9.17) is 4.74 Å². The number of unbranched alkanes of at least 4 members (excludes halogenated alkanes) is 1. The summed E-state index contributed by atoms with van der Waals surface area (Å²) in [5.74, 6) is 0.999. The summed E-state index contributed by atoms with van der Waals surface area (Å²) in [4.78, 5) is 12.8. The summed E-state index contributed by atoms with van der Waals surface area (Å²) in [6.45, 7) is 5.08. The fourth-order valence-corrected chi connectivity index (χ4v) is 4.33. The molecule has 3 rings (SSSR count). The highest BCUT2D eigenvalue weighted by molar-refractivity contribution is 5.97. The first-order chi connectivity index (χ1) is 15.0. The van der Waals surface area contributed by atoms with Gasteiger partial charge in [-0.05, 0) is 68.0 Å². The van der Waals surface area contributed by atoms with Crippen LogP contribution in [0, 0.1) is 12.8 Å². The second kappa shape index (κ2) is 11.3. The number of carbonyl (C=O) groups excluding carboxylic acids is 1. The Balaban J connectivity index is 1.87. The summed E-state index contributed by atoms with van der Waals surface area (Å²) < 4.78 is 32.2. The van der Waals surface area contributed by atoms with Gasteiger partial charge in [-0.2, -0.15) is 0 Å². The zero-order valence-corrected chi connectivity index (χ0v) is 18.6. The Bertz CT molecular complexity index is 840. The number of nitrogens with zero attached hydrogens (tertiary/aromatic N) is 1. The number of amides is 1. The quantitative estimate of drug-likeness (QED) is 0.453. The Labute approximate surface area is 184 Å². The summed E-state index contributed by atoms with van der Waals surface area (Å²) in [5, 5.41) is 3.03. The number of carbonyl (C=O) groups is 1. The van der Waals surface area contributed by atoms with Gasteiger partial charge in [-0.25, -0.2) is 8.78 Å². The largest absolute Gasteiger partial charge is 0.488 e. The van der Waals surface area contributed by atoms with Gasteiger partial charge in [0, 0.05) is 24.5 Å². The number of nitrogens with one attached hydrogen (secondary N) is 1. The smallest absolute Gasteiger partial charge is 0.272 e. The molecule has 1 heterocycles. The molecule has 1 fully saturated rings. The lowest BCUT2D eigenvalue weighted by molar-refractivity contribution is 0.0819. The van der Waals surface area contributed by atoms with E-state index >= 15 is 0 Å². The Kier molecular flexibility index (Phi) is 8.50. The lowest BCUT2D eigenvalue weighted by atomic mass is 9.89. The number of aromatic nitrogens is 1. The minimum Gasteiger partial charge on any atom is -0.488 e. The fraction of sp³-hybridized carbons (Fsp3) is 0.560. The summed E-state index contributed by atoms with van der Waals surface area (Å²) in [6.07, 6.45) is 5.77. The Morgan fingerprint density at radius 2 is 1.90 bits per heavy atom. The van der Waals surface area contributed by atoms with Crippen LogP contribution in [0.25, 0.3) is 11.3 Å². The molecule has 1 saturated carbocycles. The minimum absolute atomic E-state index is 0.0357. The number of benzene rings is 1. The van der Waals surface area contributed by atoms with Crippen LogP contribution < -0.4 is 10.1 Å². The van der Waals surface area contributed by atoms with Crippen molar-refractivity contribution >= 4 is 5.91 Å². The van der Waals surface area contributed by atoms with Crippen LogP contribution in [0.3, 0.4) is 0 Å². The van der Waals surface area contributed by atoms with Gasteiger partial charge < -0.3 is 14.6 Å². The van der Waals surface area contributed by atoms with Crippen LogP contribution in [-0.4, -0.2) is 30.1 Å². The highest BCUT2D eigenvalue weighted by Gasteiger charge is 2.22. The Morgan fingerprint density at radius 1 is 1.19 bits per heavy atom. The van der Waals surface area contributed by atoms with Gasteiger partial charge in [-0.3, -0.25) is 4.79 Å². The van der Waals surface area contributed by atoms with Crippen LogP contribution in [0.1, 0.15) is 67.9 Å². The van der Waals surface area contributed by atoms with Gasteiger partial charge in [-0.15, -0.1) is 0 Å². The maximum Gasteiger partial charge on any atom is 0.272 e. The average molecular weight is 433 g/mol. The van der Waals surface area contributed by atoms with E-state index in [-0.39, 0.29) is 5.91 Å². The monoisotopic (exact) mass is 432 g/mol. The molecule has 0 saturated heterocycles. The second-order valence-corrected chi connectivity index (χ2v) is 8.48. The van der Waals surface area contributed by atoms with E-state index in [2.05, 4.69) is 16.8 Å². The standard InChI is InChI=1S/C25H34F2N2O2/c1-3-4-14-28-25(30)22-15-23(20-10-12-21(13-11-20)31-17-24(26)27)29(18(22)2)16-19-8-6-5-7-9-19/h10-13,15,19,24H,3-9,14,16-17H2,1-2H3,(H,28,30). The maximum absolute atomic E-state index is 12.8. The maximum atomic E-state index is 12.8. The lowest BCUT2D eigenvalue weighted by Gasteiger charge is -2.24. The normalized spacial score (nSPS) is 14.7. The number of rotatable bonds is 10. The molecule has 0 bridgehead atoms. The van der Waals surface area contributed by atoms with Gasteiger partial charge in [0.05, 0.1) is 5.56 Å². The average Bonchev–Trinajstić information content (AvgIpc) is 3.09. The molecular weight excluding hydrogens is 398 g/mol. The molecule has 0 unspecified atom stereocenters. The number of hydrogen-bond acceptors (Lipinski definition) is 2. The zero-order chi connectivity index (χ0) is 22.2. The lowest BCUT2D eigenvalue weighted by Crippen LogP contribution is -2.25. The van der Waals surface area contributed by atoms with E-state index in [1.807, 2.05) is 25.1 Å². The van der Waals surface area contributed by atoms with Crippen molar-refractivity contribution in [1.29, 1.82) is 0 Å². The van der Waals surface area contributed by atoms with Crippen LogP contribution in [-0.2, 0) is 6.54 Å². The number of ether oxygens (including phenoxy) is 1. The van der Waals surface area contributed by atoms with E-state index in [1.54, 1.807) is 12.1 Å². The molecule has 0 aliphatic heterocycles. The Hall–Kier alpha value is -2.37. The Morgan fingerprint density at radius 3 is 2.55 bits per heavy atom. The highest BCUT2D eigenvalue weighted by atomic mass is 19.3. The van der Waals surface area contributed by atoms with Crippen LogP contribution in [0.15, 0.2) is 30.3 Å². The third-order valence-electron chi connectivity index (χ3n) is 6.12. The highest BCUT2D eigenvalue weighted by Crippen LogP contribution is 2.32. The molecule has 31 heavy (non-hydrogen) atoms. The summed E-state index contributed by atoms with van der Waals surface area (Å²) in [5.41, 5.74) is 3.63. The van der Waals surface area contributed by atoms with Crippen molar-refractivity contribution in [2.75, 3.05) is 13.2 Å². The summed E-state index contributed by atoms with van der Waals surface area (Å²) in [7, 11) is 0. The molecule has 0 radical (unpaired) electrons. The molecular formula is C25H34F2N2O2. The van der Waals surface area contributed by atoms with Crippen molar-refractivity contribution < 1.29 is 18.3 Å². The van der Waals surface area contributed by atoms with Crippen molar-refractivity contribution in [3.05, 3.63) is 41.6 Å². The van der Waals surface area contributed by atoms with Crippen molar-refractivity contribution in [1.82, 2.24) is 9.88 Å². The topological polar surface area (TPSA) is 43.3 Å². The van der Waals surface area contributed by atoms with E-state index in [0.29, 0.717) is 23.8 Å². The van der Waals surface area contributed by atoms with Crippen LogP contribution in [0.4, 0.5) is 8.78 Å². The van der Waals surface area contributed by atoms with E-state index in [0.717, 1.165) is 36.3 Å². The van der Waals surface area contributed by atoms with Crippen LogP contribution >= 0.6 is 0 Å². The summed E-state index contributed by atoms with van der Waals surface area (Å²) in [6, 6.07) is 9.16. The van der Waals surface area contributed by atoms with Crippen molar-refractivity contribution in [2.24, 2.45) is 5.92 Å². The van der Waals surface area contributed by atoms with Gasteiger partial charge in [0.2, 0.25) is 0 Å². The van der Waals surface area contributed by atoms with Crippen LogP contribution in [0.5, 0.6) is 5.75 Å². The first-order valence-corrected chi connectivity index (χ1v) is 11.5. The van der Waals surface area contributed by atoms with E-state index < -0.39 is 13.0 Å². The minimum atomic E-state index is -2.50. The first-order valence-electron chi connectivity index (χ1n) is 11.5. The molecule has 170 valence electrons. The van der Waals surface area contributed by atoms with Crippen molar-refractivity contribution in [3.8, 4) is 17.0 Å². The fourth-order valence-electron chi connectivity index (χ4n) is 4.33. The molecule has 1 amide bonds. The van der Waals surface area contributed by atoms with E-state index in [9.17, 15) is 13.6 Å². The van der Waals surface area contributed by atoms with E-state index in [1.165, 1.54) is 32.1 Å². The molecule has 6 heteroatoms. The van der Waals surface area contributed by atoms with Crippen molar-refractivity contribution in [3.63, 3.8) is 0 Å². The van der Waals surface area contributed by atoms with Gasteiger partial charge in [0.25, 0.3) is 12.3 Å². The molecule has 1 aromatic heterocycles. The zero-order valence-electron chi connectivity index (χ0n) is 18.6. The van der Waals surface area contributed by atoms with Crippen molar-refractivity contribution in [2.45, 2.75) is 71.8 Å². The number of alkyl halides is 2. The van der Waals surface area contributed by atoms with Crippen LogP contribution in [0.2, 0.25) is 0 Å². The van der Waals surface area contributed by atoms with Gasteiger partial charge >= 0.3 is 0 Å². The number of halogens is 2.